The number of carbonyl (C=O) groups is 1. The van der Waals surface area contributed by atoms with E-state index in [4.69, 9.17) is 14.0 Å². The van der Waals surface area contributed by atoms with Crippen molar-refractivity contribution in [1.82, 2.24) is 15.0 Å². The first-order valence-electron chi connectivity index (χ1n) is 7.50. The van der Waals surface area contributed by atoms with Crippen LogP contribution in [0.5, 0.6) is 5.75 Å². The minimum absolute atomic E-state index is 0.0239. The second-order valence-corrected chi connectivity index (χ2v) is 5.52. The van der Waals surface area contributed by atoms with E-state index in [-0.39, 0.29) is 25.2 Å². The van der Waals surface area contributed by atoms with Crippen LogP contribution in [0.4, 0.5) is 0 Å². The fourth-order valence-corrected chi connectivity index (χ4v) is 2.46. The fourth-order valence-electron chi connectivity index (χ4n) is 2.46. The lowest BCUT2D eigenvalue weighted by atomic mass is 10.2. The summed E-state index contributed by atoms with van der Waals surface area (Å²) < 4.78 is 16.1. The molecule has 0 saturated carbocycles. The van der Waals surface area contributed by atoms with Crippen molar-refractivity contribution in [3.63, 3.8) is 0 Å². The standard InChI is InChI=1S/C16H19N3O4/c1-11-8-22-14-6-4-3-5-13(14)7-19(11)16(20)10-21-9-15-17-12(2)18-23-15/h3-6,11H,7-10H2,1-2H3. The van der Waals surface area contributed by atoms with E-state index in [0.29, 0.717) is 24.9 Å². The van der Waals surface area contributed by atoms with Gasteiger partial charge in [0, 0.05) is 12.1 Å². The van der Waals surface area contributed by atoms with E-state index < -0.39 is 0 Å². The van der Waals surface area contributed by atoms with Crippen LogP contribution in [0.3, 0.4) is 0 Å². The van der Waals surface area contributed by atoms with Crippen LogP contribution in [-0.4, -0.2) is 40.2 Å². The highest BCUT2D eigenvalue weighted by molar-refractivity contribution is 5.78. The lowest BCUT2D eigenvalue weighted by Crippen LogP contribution is -2.41. The second-order valence-electron chi connectivity index (χ2n) is 5.52. The molecule has 23 heavy (non-hydrogen) atoms. The third-order valence-electron chi connectivity index (χ3n) is 3.67. The van der Waals surface area contributed by atoms with Gasteiger partial charge in [0.1, 0.15) is 25.6 Å². The monoisotopic (exact) mass is 317 g/mol. The number of hydrogen-bond donors (Lipinski definition) is 0. The van der Waals surface area contributed by atoms with Crippen LogP contribution in [0.2, 0.25) is 0 Å². The Morgan fingerprint density at radius 3 is 3.04 bits per heavy atom. The zero-order valence-electron chi connectivity index (χ0n) is 13.2. The molecule has 122 valence electrons. The summed E-state index contributed by atoms with van der Waals surface area (Å²) in [5.41, 5.74) is 0.998. The first-order chi connectivity index (χ1) is 11.1. The molecule has 1 aliphatic heterocycles. The molecule has 0 N–H and O–H groups in total. The summed E-state index contributed by atoms with van der Waals surface area (Å²) in [6, 6.07) is 7.73. The maximum Gasteiger partial charge on any atom is 0.252 e. The Labute approximate surface area is 134 Å². The Morgan fingerprint density at radius 2 is 2.26 bits per heavy atom. The van der Waals surface area contributed by atoms with Crippen molar-refractivity contribution in [1.29, 1.82) is 0 Å². The number of fused-ring (bicyclic) bond motifs is 1. The molecule has 7 heteroatoms. The van der Waals surface area contributed by atoms with Gasteiger partial charge >= 0.3 is 0 Å². The van der Waals surface area contributed by atoms with Crippen LogP contribution in [-0.2, 0) is 22.7 Å². The number of amides is 1. The highest BCUT2D eigenvalue weighted by Gasteiger charge is 2.25. The molecule has 0 radical (unpaired) electrons. The highest BCUT2D eigenvalue weighted by atomic mass is 16.5. The average molecular weight is 317 g/mol. The van der Waals surface area contributed by atoms with Gasteiger partial charge in [0.25, 0.3) is 5.89 Å². The van der Waals surface area contributed by atoms with Crippen molar-refractivity contribution in [2.45, 2.75) is 33.0 Å². The number of rotatable bonds is 4. The van der Waals surface area contributed by atoms with Gasteiger partial charge < -0.3 is 18.9 Å². The van der Waals surface area contributed by atoms with Crippen LogP contribution < -0.4 is 4.74 Å². The molecule has 1 atom stereocenters. The topological polar surface area (TPSA) is 77.7 Å². The number of carbonyl (C=O) groups excluding carboxylic acids is 1. The Morgan fingerprint density at radius 1 is 1.43 bits per heavy atom. The smallest absolute Gasteiger partial charge is 0.252 e. The van der Waals surface area contributed by atoms with Gasteiger partial charge in [0.2, 0.25) is 5.91 Å². The summed E-state index contributed by atoms with van der Waals surface area (Å²) in [7, 11) is 0. The number of aromatic nitrogens is 2. The molecule has 0 aliphatic carbocycles. The zero-order chi connectivity index (χ0) is 16.2. The SMILES string of the molecule is Cc1noc(COCC(=O)N2Cc3ccccc3OCC2C)n1. The van der Waals surface area contributed by atoms with Gasteiger partial charge in [-0.3, -0.25) is 4.79 Å². The van der Waals surface area contributed by atoms with Crippen molar-refractivity contribution in [3.8, 4) is 5.75 Å². The van der Waals surface area contributed by atoms with Crippen molar-refractivity contribution in [3.05, 3.63) is 41.5 Å². The van der Waals surface area contributed by atoms with Crippen molar-refractivity contribution >= 4 is 5.91 Å². The summed E-state index contributed by atoms with van der Waals surface area (Å²) >= 11 is 0. The predicted molar refractivity (Wildman–Crippen MR) is 80.6 cm³/mol. The van der Waals surface area contributed by atoms with E-state index in [2.05, 4.69) is 10.1 Å². The molecule has 3 rings (SSSR count). The molecule has 1 unspecified atom stereocenters. The van der Waals surface area contributed by atoms with Crippen LogP contribution in [0.1, 0.15) is 24.2 Å². The number of benzene rings is 1. The Kier molecular flexibility index (Phi) is 4.57. The number of hydrogen-bond acceptors (Lipinski definition) is 6. The molecular weight excluding hydrogens is 298 g/mol. The van der Waals surface area contributed by atoms with Crippen molar-refractivity contribution in [2.75, 3.05) is 13.2 Å². The molecule has 1 aromatic carbocycles. The second kappa shape index (κ2) is 6.78. The molecule has 2 heterocycles. The molecule has 2 aromatic rings. The third-order valence-corrected chi connectivity index (χ3v) is 3.67. The molecular formula is C16H19N3O4. The number of para-hydroxylation sites is 1. The van der Waals surface area contributed by atoms with E-state index in [0.717, 1.165) is 11.3 Å². The van der Waals surface area contributed by atoms with E-state index in [9.17, 15) is 4.79 Å². The maximum atomic E-state index is 12.4. The lowest BCUT2D eigenvalue weighted by molar-refractivity contribution is -0.139. The Balaban J connectivity index is 1.59. The third kappa shape index (κ3) is 3.68. The van der Waals surface area contributed by atoms with E-state index >= 15 is 0 Å². The molecule has 7 nitrogen and oxygen atoms in total. The number of aryl methyl sites for hydroxylation is 1. The van der Waals surface area contributed by atoms with E-state index in [1.54, 1.807) is 11.8 Å². The van der Waals surface area contributed by atoms with Crippen molar-refractivity contribution in [2.24, 2.45) is 0 Å². The minimum Gasteiger partial charge on any atom is -0.491 e. The van der Waals surface area contributed by atoms with Gasteiger partial charge in [-0.1, -0.05) is 23.4 Å². The van der Waals surface area contributed by atoms with Gasteiger partial charge in [0.05, 0.1) is 6.04 Å². The van der Waals surface area contributed by atoms with Crippen LogP contribution in [0.15, 0.2) is 28.8 Å². The predicted octanol–water partition coefficient (Wildman–Crippen LogP) is 1.70. The van der Waals surface area contributed by atoms with Crippen LogP contribution in [0.25, 0.3) is 0 Å². The largest absolute Gasteiger partial charge is 0.491 e. The zero-order valence-corrected chi connectivity index (χ0v) is 13.2. The summed E-state index contributed by atoms with van der Waals surface area (Å²) in [6.07, 6.45) is 0. The summed E-state index contributed by atoms with van der Waals surface area (Å²) in [5.74, 6) is 1.66. The van der Waals surface area contributed by atoms with Crippen molar-refractivity contribution < 1.29 is 18.8 Å². The summed E-state index contributed by atoms with van der Waals surface area (Å²) in [5, 5.41) is 3.68. The lowest BCUT2D eigenvalue weighted by Gasteiger charge is -2.26. The number of nitrogens with zero attached hydrogens (tertiary/aromatic N) is 3. The minimum atomic E-state index is -0.0889. The highest BCUT2D eigenvalue weighted by Crippen LogP contribution is 2.24. The van der Waals surface area contributed by atoms with Gasteiger partial charge in [-0.25, -0.2) is 0 Å². The molecule has 0 fully saturated rings. The molecule has 0 bridgehead atoms. The normalized spacial score (nSPS) is 17.3. The first-order valence-corrected chi connectivity index (χ1v) is 7.50. The summed E-state index contributed by atoms with van der Waals surface area (Å²) in [4.78, 5) is 18.2. The Hall–Kier alpha value is -2.41. The number of ether oxygens (including phenoxy) is 2. The molecule has 1 aromatic heterocycles. The van der Waals surface area contributed by atoms with Gasteiger partial charge in [0.15, 0.2) is 5.82 Å². The van der Waals surface area contributed by atoms with Crippen LogP contribution in [0, 0.1) is 6.92 Å². The average Bonchev–Trinajstić information content (AvgIpc) is 2.88. The molecule has 0 spiro atoms. The fraction of sp³-hybridized carbons (Fsp3) is 0.438. The summed E-state index contributed by atoms with van der Waals surface area (Å²) in [6.45, 7) is 4.76. The molecule has 1 aliphatic rings. The van der Waals surface area contributed by atoms with Gasteiger partial charge in [-0.15, -0.1) is 0 Å². The maximum absolute atomic E-state index is 12.4. The van der Waals surface area contributed by atoms with Gasteiger partial charge in [-0.2, -0.15) is 4.98 Å². The molecule has 1 amide bonds. The van der Waals surface area contributed by atoms with Gasteiger partial charge in [-0.05, 0) is 19.9 Å². The first kappa shape index (κ1) is 15.5. The Bertz CT molecular complexity index is 685. The quantitative estimate of drug-likeness (QED) is 0.854. The van der Waals surface area contributed by atoms with Crippen LogP contribution >= 0.6 is 0 Å². The van der Waals surface area contributed by atoms with E-state index in [1.165, 1.54) is 0 Å². The molecule has 0 saturated heterocycles. The van der Waals surface area contributed by atoms with E-state index in [1.807, 2.05) is 31.2 Å².